The number of carbonyl (C=O) groups excluding carboxylic acids is 2. The fourth-order valence-corrected chi connectivity index (χ4v) is 3.15. The predicted molar refractivity (Wildman–Crippen MR) is 120 cm³/mol. The lowest BCUT2D eigenvalue weighted by Crippen LogP contribution is -2.32. The number of ether oxygens (including phenoxy) is 1. The number of anilines is 2. The lowest BCUT2D eigenvalue weighted by molar-refractivity contribution is 0.102. The van der Waals surface area contributed by atoms with Gasteiger partial charge in [-0.15, -0.1) is 0 Å². The first-order valence-electron chi connectivity index (χ1n) is 9.56. The molecule has 0 aliphatic heterocycles. The molecule has 4 aromatic rings. The van der Waals surface area contributed by atoms with E-state index in [1.807, 2.05) is 12.1 Å². The highest BCUT2D eigenvalue weighted by molar-refractivity contribution is 6.10. The van der Waals surface area contributed by atoms with Crippen LogP contribution in [0.25, 0.3) is 10.9 Å². The molecule has 0 unspecified atom stereocenters. The number of aromatic amines is 1. The van der Waals surface area contributed by atoms with Crippen molar-refractivity contribution in [2.75, 3.05) is 17.3 Å². The third-order valence-corrected chi connectivity index (χ3v) is 4.74. The molecule has 7 nitrogen and oxygen atoms in total. The van der Waals surface area contributed by atoms with Crippen LogP contribution in [0.2, 0.25) is 0 Å². The molecule has 0 radical (unpaired) electrons. The molecule has 0 saturated heterocycles. The number of rotatable bonds is 4. The summed E-state index contributed by atoms with van der Waals surface area (Å²) in [5.41, 5.74) is 0.638. The smallest absolute Gasteiger partial charge is 0.408 e. The van der Waals surface area contributed by atoms with Crippen LogP contribution >= 0.6 is 0 Å². The highest BCUT2D eigenvalue weighted by Gasteiger charge is 2.24. The molecular weight excluding hydrogens is 394 g/mol. The predicted octanol–water partition coefficient (Wildman–Crippen LogP) is 4.42. The number of amides is 2. The minimum atomic E-state index is -0.726. The van der Waals surface area contributed by atoms with E-state index in [4.69, 9.17) is 4.74 Å². The quantitative estimate of drug-likeness (QED) is 0.518. The number of fused-ring (bicyclic) bond motifs is 1. The van der Waals surface area contributed by atoms with Crippen LogP contribution in [0.4, 0.5) is 16.2 Å². The third kappa shape index (κ3) is 4.16. The number of nitrogens with zero attached hydrogens (tertiary/aromatic N) is 1. The number of aromatic nitrogens is 1. The Kier molecular flexibility index (Phi) is 5.49. The standard InChI is InChI=1S/C24H19N3O4/c1-27(17-12-6-3-7-13-17)24(30)31-21-18-14-8-9-15-19(18)26-23(29)20(21)22(28)25-16-10-4-2-5-11-16/h2-15H,1H3,(H,25,28)(H,26,29). The zero-order chi connectivity index (χ0) is 21.8. The second-order valence-electron chi connectivity index (χ2n) is 6.79. The van der Waals surface area contributed by atoms with Crippen molar-refractivity contribution in [3.05, 3.63) is 101 Å². The number of para-hydroxylation sites is 3. The van der Waals surface area contributed by atoms with Gasteiger partial charge in [0.2, 0.25) is 0 Å². The summed E-state index contributed by atoms with van der Waals surface area (Å²) in [5.74, 6) is -0.774. The summed E-state index contributed by atoms with van der Waals surface area (Å²) < 4.78 is 5.62. The molecule has 154 valence electrons. The SMILES string of the molecule is CN(C(=O)Oc1c(C(=O)Nc2ccccc2)c(=O)[nH]c2ccccc12)c1ccccc1. The van der Waals surface area contributed by atoms with Crippen LogP contribution in [-0.2, 0) is 0 Å². The molecule has 31 heavy (non-hydrogen) atoms. The Morgan fingerprint density at radius 1 is 0.871 bits per heavy atom. The minimum absolute atomic E-state index is 0.0967. The van der Waals surface area contributed by atoms with Crippen LogP contribution in [0, 0.1) is 0 Å². The van der Waals surface area contributed by atoms with Crippen molar-refractivity contribution >= 4 is 34.3 Å². The van der Waals surface area contributed by atoms with Crippen LogP contribution in [0.15, 0.2) is 89.7 Å². The van der Waals surface area contributed by atoms with E-state index in [0.717, 1.165) is 0 Å². The zero-order valence-corrected chi connectivity index (χ0v) is 16.7. The summed E-state index contributed by atoms with van der Waals surface area (Å²) in [6, 6.07) is 24.5. The average Bonchev–Trinajstić information content (AvgIpc) is 2.79. The summed E-state index contributed by atoms with van der Waals surface area (Å²) >= 11 is 0. The van der Waals surface area contributed by atoms with E-state index < -0.39 is 17.6 Å². The summed E-state index contributed by atoms with van der Waals surface area (Å²) in [7, 11) is 1.55. The first-order chi connectivity index (χ1) is 15.0. The Balaban J connectivity index is 1.77. The maximum absolute atomic E-state index is 13.0. The van der Waals surface area contributed by atoms with Crippen LogP contribution in [0.3, 0.4) is 0 Å². The number of hydrogen-bond acceptors (Lipinski definition) is 4. The van der Waals surface area contributed by atoms with Crippen LogP contribution in [0.1, 0.15) is 10.4 Å². The minimum Gasteiger partial charge on any atom is -0.408 e. The van der Waals surface area contributed by atoms with Gasteiger partial charge in [0.25, 0.3) is 11.5 Å². The van der Waals surface area contributed by atoms with Gasteiger partial charge in [-0.3, -0.25) is 14.5 Å². The van der Waals surface area contributed by atoms with Crippen molar-refractivity contribution in [3.63, 3.8) is 0 Å². The molecule has 0 aliphatic carbocycles. The van der Waals surface area contributed by atoms with Crippen molar-refractivity contribution < 1.29 is 14.3 Å². The van der Waals surface area contributed by atoms with Gasteiger partial charge in [0.1, 0.15) is 5.56 Å². The van der Waals surface area contributed by atoms with Crippen molar-refractivity contribution in [2.24, 2.45) is 0 Å². The molecule has 3 aromatic carbocycles. The molecule has 0 bridgehead atoms. The Morgan fingerprint density at radius 3 is 2.19 bits per heavy atom. The first-order valence-corrected chi connectivity index (χ1v) is 9.56. The molecule has 1 aromatic heterocycles. The lowest BCUT2D eigenvalue weighted by Gasteiger charge is -2.19. The van der Waals surface area contributed by atoms with Gasteiger partial charge in [-0.05, 0) is 36.4 Å². The van der Waals surface area contributed by atoms with Gasteiger partial charge in [-0.2, -0.15) is 0 Å². The second-order valence-corrected chi connectivity index (χ2v) is 6.79. The van der Waals surface area contributed by atoms with E-state index in [0.29, 0.717) is 22.3 Å². The Labute approximate surface area is 177 Å². The van der Waals surface area contributed by atoms with E-state index >= 15 is 0 Å². The highest BCUT2D eigenvalue weighted by Crippen LogP contribution is 2.28. The van der Waals surface area contributed by atoms with Gasteiger partial charge in [-0.25, -0.2) is 4.79 Å². The van der Waals surface area contributed by atoms with Gasteiger partial charge in [0.15, 0.2) is 5.75 Å². The number of benzene rings is 3. The summed E-state index contributed by atoms with van der Waals surface area (Å²) in [6.07, 6.45) is -0.726. The topological polar surface area (TPSA) is 91.5 Å². The largest absolute Gasteiger partial charge is 0.419 e. The summed E-state index contributed by atoms with van der Waals surface area (Å²) in [6.45, 7) is 0. The molecule has 2 amide bonds. The summed E-state index contributed by atoms with van der Waals surface area (Å²) in [5, 5.41) is 3.11. The van der Waals surface area contributed by atoms with E-state index in [1.54, 1.807) is 79.8 Å². The second kappa shape index (κ2) is 8.54. The maximum Gasteiger partial charge on any atom is 0.419 e. The normalized spacial score (nSPS) is 10.5. The zero-order valence-electron chi connectivity index (χ0n) is 16.7. The Bertz CT molecular complexity index is 1300. The Morgan fingerprint density at radius 2 is 1.48 bits per heavy atom. The number of carbonyl (C=O) groups is 2. The number of nitrogens with one attached hydrogen (secondary N) is 2. The monoisotopic (exact) mass is 413 g/mol. The average molecular weight is 413 g/mol. The Hall–Kier alpha value is -4.39. The molecule has 0 fully saturated rings. The number of H-pyrrole nitrogens is 1. The van der Waals surface area contributed by atoms with Gasteiger partial charge < -0.3 is 15.0 Å². The first kappa shape index (κ1) is 19.9. The van der Waals surface area contributed by atoms with Gasteiger partial charge in [0, 0.05) is 23.8 Å². The van der Waals surface area contributed by atoms with Crippen molar-refractivity contribution in [1.82, 2.24) is 4.98 Å². The maximum atomic E-state index is 13.0. The highest BCUT2D eigenvalue weighted by atomic mass is 16.6. The molecule has 0 aliphatic rings. The van der Waals surface area contributed by atoms with Crippen LogP contribution in [-0.4, -0.2) is 24.0 Å². The van der Waals surface area contributed by atoms with Gasteiger partial charge in [0.05, 0.1) is 5.52 Å². The molecular formula is C24H19N3O4. The fraction of sp³-hybridized carbons (Fsp3) is 0.0417. The number of pyridine rings is 1. The lowest BCUT2D eigenvalue weighted by atomic mass is 10.1. The van der Waals surface area contributed by atoms with Crippen molar-refractivity contribution in [2.45, 2.75) is 0 Å². The molecule has 1 heterocycles. The third-order valence-electron chi connectivity index (χ3n) is 4.74. The van der Waals surface area contributed by atoms with Crippen LogP contribution in [0.5, 0.6) is 5.75 Å². The summed E-state index contributed by atoms with van der Waals surface area (Å²) in [4.78, 5) is 42.6. The molecule has 2 N–H and O–H groups in total. The van der Waals surface area contributed by atoms with E-state index in [-0.39, 0.29) is 11.3 Å². The molecule has 4 rings (SSSR count). The molecule has 0 saturated carbocycles. The molecule has 7 heteroatoms. The number of hydrogen-bond donors (Lipinski definition) is 2. The van der Waals surface area contributed by atoms with Crippen molar-refractivity contribution in [1.29, 1.82) is 0 Å². The van der Waals surface area contributed by atoms with Gasteiger partial charge in [-0.1, -0.05) is 48.5 Å². The molecule has 0 atom stereocenters. The van der Waals surface area contributed by atoms with E-state index in [9.17, 15) is 14.4 Å². The van der Waals surface area contributed by atoms with E-state index in [1.165, 1.54) is 4.90 Å². The van der Waals surface area contributed by atoms with E-state index in [2.05, 4.69) is 10.3 Å². The van der Waals surface area contributed by atoms with Crippen LogP contribution < -0.4 is 20.5 Å². The van der Waals surface area contributed by atoms with Crippen molar-refractivity contribution in [3.8, 4) is 5.75 Å². The fourth-order valence-electron chi connectivity index (χ4n) is 3.15. The van der Waals surface area contributed by atoms with Gasteiger partial charge >= 0.3 is 6.09 Å². The molecule has 0 spiro atoms.